The van der Waals surface area contributed by atoms with Crippen molar-refractivity contribution < 1.29 is 14.7 Å². The second-order valence-electron chi connectivity index (χ2n) is 14.9. The van der Waals surface area contributed by atoms with Crippen LogP contribution in [0.2, 0.25) is 0 Å². The zero-order chi connectivity index (χ0) is 33.2. The van der Waals surface area contributed by atoms with Crippen LogP contribution in [0, 0.1) is 0 Å². The Balaban J connectivity index is 1.14. The minimum atomic E-state index is 1.20. The van der Waals surface area contributed by atoms with Crippen molar-refractivity contribution in [1.82, 2.24) is 0 Å². The molecule has 264 valence electrons. The van der Waals surface area contributed by atoms with Gasteiger partial charge in [0.25, 0.3) is 0 Å². The molecule has 3 heteroatoms. The van der Waals surface area contributed by atoms with Crippen molar-refractivity contribution in [2.75, 3.05) is 39.3 Å². The van der Waals surface area contributed by atoms with Gasteiger partial charge in [0, 0.05) is 19.3 Å². The fourth-order valence-electron chi connectivity index (χ4n) is 7.64. The van der Waals surface area contributed by atoms with E-state index in [9.17, 15) is 0 Å². The standard InChI is InChI=1S/C45H69N3/c1-4-10-16-22-34-46-37-26-32-44(41-46)29-20-14-8-3-6-12-18-24-36-48-39-27-33-45(42-48)30-21-15-9-2-5-11-17-23-35-47-38-25-31-43(40-47)28-19-13-7-1/h10-12,16-18,25-27,31-33,37-39H,1-9,13-15,19-24,28-30,34-36,40-42H2/p+3. The molecule has 0 aliphatic carbocycles. The summed E-state index contributed by atoms with van der Waals surface area (Å²) in [6, 6.07) is 0. The van der Waals surface area contributed by atoms with Gasteiger partial charge in [0.2, 0.25) is 0 Å². The zero-order valence-electron chi connectivity index (χ0n) is 30.8. The molecule has 0 spiro atoms. The van der Waals surface area contributed by atoms with Crippen molar-refractivity contribution in [2.24, 2.45) is 0 Å². The molecule has 3 unspecified atom stereocenters. The molecule has 4 aliphatic rings. The number of fused-ring (bicyclic) bond motifs is 6. The first kappa shape index (κ1) is 38.3. The van der Waals surface area contributed by atoms with Gasteiger partial charge >= 0.3 is 0 Å². The lowest BCUT2D eigenvalue weighted by Gasteiger charge is -2.19. The maximum absolute atomic E-state index is 2.45. The number of allylic oxidation sites excluding steroid dienone is 9. The highest BCUT2D eigenvalue weighted by Gasteiger charge is 2.13. The molecule has 4 heterocycles. The lowest BCUT2D eigenvalue weighted by molar-refractivity contribution is -0.842. The summed E-state index contributed by atoms with van der Waals surface area (Å²) in [5.74, 6) is 0. The van der Waals surface area contributed by atoms with Crippen LogP contribution in [-0.2, 0) is 0 Å². The molecule has 4 aliphatic heterocycles. The summed E-state index contributed by atoms with van der Waals surface area (Å²) in [5, 5.41) is 0. The third-order valence-electron chi connectivity index (χ3n) is 10.6. The molecule has 4 rings (SSSR count). The SMILES string of the molecule is C1=C[NH+]2CCC=CCCCCCCC3=CC=C[NH+](CCC=CCCCCCCC4=CC=C[NH+](CCC=CCCCCCCC(=C1)C2)C4)C3. The van der Waals surface area contributed by atoms with Crippen LogP contribution >= 0.6 is 0 Å². The van der Waals surface area contributed by atoms with Gasteiger partial charge in [-0.3, -0.25) is 0 Å². The highest BCUT2D eigenvalue weighted by atomic mass is 15.1. The van der Waals surface area contributed by atoms with Gasteiger partial charge in [-0.05, 0) is 112 Å². The predicted octanol–water partition coefficient (Wildman–Crippen LogP) is 7.88. The molecule has 3 N–H and O–H groups in total. The fraction of sp³-hybridized carbons (Fsp3) is 0.600. The van der Waals surface area contributed by atoms with Crippen LogP contribution in [-0.4, -0.2) is 39.3 Å². The summed E-state index contributed by atoms with van der Waals surface area (Å²) >= 11 is 0. The van der Waals surface area contributed by atoms with E-state index in [-0.39, 0.29) is 0 Å². The Labute approximate surface area is 296 Å². The largest absolute Gasteiger partial charge is 0.305 e. The number of rotatable bonds is 0. The fourth-order valence-corrected chi connectivity index (χ4v) is 7.64. The summed E-state index contributed by atoms with van der Waals surface area (Å²) in [6.07, 6.45) is 63.4. The lowest BCUT2D eigenvalue weighted by atomic mass is 10.0. The van der Waals surface area contributed by atoms with Gasteiger partial charge < -0.3 is 14.7 Å². The molecule has 0 radical (unpaired) electrons. The maximum Gasteiger partial charge on any atom is 0.103 e. The first-order valence-corrected chi connectivity index (χ1v) is 20.4. The summed E-state index contributed by atoms with van der Waals surface area (Å²) in [6.45, 7) is 7.30. The second kappa shape index (κ2) is 25.5. The van der Waals surface area contributed by atoms with Crippen LogP contribution in [0.4, 0.5) is 0 Å². The number of nitrogens with one attached hydrogen (secondary N) is 3. The molecule has 0 aromatic rings. The van der Waals surface area contributed by atoms with Crippen LogP contribution < -0.4 is 14.7 Å². The molecule has 6 bridgehead atoms. The quantitative estimate of drug-likeness (QED) is 0.220. The second-order valence-corrected chi connectivity index (χ2v) is 14.9. The van der Waals surface area contributed by atoms with E-state index < -0.39 is 0 Å². The van der Waals surface area contributed by atoms with Crippen molar-refractivity contribution >= 4 is 0 Å². The van der Waals surface area contributed by atoms with E-state index in [1.54, 1.807) is 31.4 Å². The predicted molar refractivity (Wildman–Crippen MR) is 208 cm³/mol. The molecule has 3 atom stereocenters. The molecule has 3 nitrogen and oxygen atoms in total. The summed E-state index contributed by atoms with van der Waals surface area (Å²) in [4.78, 5) is 4.89. The van der Waals surface area contributed by atoms with Crippen LogP contribution in [0.5, 0.6) is 0 Å². The molecule has 0 saturated carbocycles. The monoisotopic (exact) mass is 655 g/mol. The van der Waals surface area contributed by atoms with Crippen molar-refractivity contribution in [3.63, 3.8) is 0 Å². The Hall–Kier alpha value is -2.46. The van der Waals surface area contributed by atoms with Gasteiger partial charge in [-0.2, -0.15) is 0 Å². The Kier molecular flexibility index (Phi) is 20.4. The Morgan fingerprint density at radius 1 is 0.312 bits per heavy atom. The molecular weight excluding hydrogens is 583 g/mol. The molecule has 0 saturated heterocycles. The normalized spacial score (nSPS) is 27.5. The molecule has 0 aromatic carbocycles. The lowest BCUT2D eigenvalue weighted by Crippen LogP contribution is -3.08. The first-order chi connectivity index (χ1) is 23.8. The van der Waals surface area contributed by atoms with Crippen LogP contribution in [0.1, 0.15) is 135 Å². The van der Waals surface area contributed by atoms with Gasteiger partial charge in [0.05, 0.1) is 38.2 Å². The zero-order valence-corrected chi connectivity index (χ0v) is 30.8. The van der Waals surface area contributed by atoms with E-state index >= 15 is 0 Å². The summed E-state index contributed by atoms with van der Waals surface area (Å²) < 4.78 is 0. The smallest absolute Gasteiger partial charge is 0.103 e. The molecule has 0 aromatic heterocycles. The Morgan fingerprint density at radius 3 is 0.938 bits per heavy atom. The Morgan fingerprint density at radius 2 is 0.604 bits per heavy atom. The maximum atomic E-state index is 2.45. The van der Waals surface area contributed by atoms with Crippen LogP contribution in [0.3, 0.4) is 0 Å². The summed E-state index contributed by atoms with van der Waals surface area (Å²) in [7, 11) is 0. The highest BCUT2D eigenvalue weighted by molar-refractivity contribution is 5.15. The van der Waals surface area contributed by atoms with Gasteiger partial charge in [-0.25, -0.2) is 0 Å². The van der Waals surface area contributed by atoms with E-state index in [1.807, 2.05) is 0 Å². The third-order valence-corrected chi connectivity index (χ3v) is 10.6. The van der Waals surface area contributed by atoms with Crippen molar-refractivity contribution in [1.29, 1.82) is 0 Å². The van der Waals surface area contributed by atoms with Crippen molar-refractivity contribution in [3.05, 3.63) is 108 Å². The Bertz CT molecular complexity index is 1000. The van der Waals surface area contributed by atoms with E-state index in [2.05, 4.69) is 91.5 Å². The number of hydrogen-bond donors (Lipinski definition) is 3. The summed E-state index contributed by atoms with van der Waals surface area (Å²) in [5.41, 5.74) is 4.96. The van der Waals surface area contributed by atoms with E-state index in [0.29, 0.717) is 0 Å². The van der Waals surface area contributed by atoms with E-state index in [1.165, 1.54) is 174 Å². The van der Waals surface area contributed by atoms with Crippen LogP contribution in [0.15, 0.2) is 108 Å². The average molecular weight is 655 g/mol. The van der Waals surface area contributed by atoms with E-state index in [4.69, 9.17) is 0 Å². The van der Waals surface area contributed by atoms with E-state index in [0.717, 1.165) is 0 Å². The minimum absolute atomic E-state index is 1.20. The van der Waals surface area contributed by atoms with Gasteiger partial charge in [0.1, 0.15) is 19.6 Å². The molecule has 48 heavy (non-hydrogen) atoms. The van der Waals surface area contributed by atoms with Gasteiger partial charge in [-0.15, -0.1) is 0 Å². The minimum Gasteiger partial charge on any atom is -0.305 e. The highest BCUT2D eigenvalue weighted by Crippen LogP contribution is 2.14. The molecular formula is C45H72N3+3. The average Bonchev–Trinajstić information content (AvgIpc) is 3.11. The number of hydrogen-bond acceptors (Lipinski definition) is 0. The molecule has 0 amide bonds. The van der Waals surface area contributed by atoms with Gasteiger partial charge in [0.15, 0.2) is 0 Å². The number of quaternary nitrogens is 3. The van der Waals surface area contributed by atoms with Crippen LogP contribution in [0.25, 0.3) is 0 Å². The van der Waals surface area contributed by atoms with Crippen molar-refractivity contribution in [2.45, 2.75) is 135 Å². The van der Waals surface area contributed by atoms with Crippen molar-refractivity contribution in [3.8, 4) is 0 Å². The van der Waals surface area contributed by atoms with Gasteiger partial charge in [-0.1, -0.05) is 93.2 Å². The first-order valence-electron chi connectivity index (χ1n) is 20.4. The topological polar surface area (TPSA) is 13.3 Å². The third kappa shape index (κ3) is 17.8. The molecule has 0 fully saturated rings.